The monoisotopic (exact) mass is 346 g/mol. The number of rotatable bonds is 3. The third kappa shape index (κ3) is 2.66. The molecule has 3 heterocycles. The molecule has 0 bridgehead atoms. The minimum Gasteiger partial charge on any atom is -0.276 e. The zero-order valence-electron chi connectivity index (χ0n) is 13.8. The first kappa shape index (κ1) is 15.8. The largest absolute Gasteiger partial charge is 0.282 e. The van der Waals surface area contributed by atoms with Crippen molar-refractivity contribution in [1.29, 1.82) is 0 Å². The molecule has 1 aromatic heterocycles. The van der Waals surface area contributed by atoms with E-state index in [4.69, 9.17) is 0 Å². The molecule has 0 amide bonds. The summed E-state index contributed by atoms with van der Waals surface area (Å²) in [6.07, 6.45) is 5.73. The first-order valence-electron chi connectivity index (χ1n) is 8.37. The van der Waals surface area contributed by atoms with Crippen LogP contribution in [0.4, 0.5) is 0 Å². The molecule has 0 aliphatic carbocycles. The van der Waals surface area contributed by atoms with E-state index in [9.17, 15) is 8.42 Å². The maximum Gasteiger partial charge on any atom is 0.282 e. The van der Waals surface area contributed by atoms with E-state index >= 15 is 0 Å². The molecule has 7 heteroatoms. The fraction of sp³-hybridized carbons (Fsp3) is 0.471. The molecule has 0 spiro atoms. The van der Waals surface area contributed by atoms with E-state index < -0.39 is 10.2 Å². The second-order valence-electron chi connectivity index (χ2n) is 6.61. The Labute approximate surface area is 142 Å². The van der Waals surface area contributed by atoms with Gasteiger partial charge in [0.1, 0.15) is 0 Å². The van der Waals surface area contributed by atoms with E-state index in [1.165, 1.54) is 5.56 Å². The lowest BCUT2D eigenvalue weighted by Gasteiger charge is -2.35. The third-order valence-electron chi connectivity index (χ3n) is 5.01. The number of hydrogen-bond acceptors (Lipinski definition) is 3. The fourth-order valence-electron chi connectivity index (χ4n) is 3.74. The minimum atomic E-state index is -3.40. The SMILES string of the molecule is Cn1cc(C2CN(S(=O)(=O)N3CCCC3)Cc3ccccc32)cn1. The summed E-state index contributed by atoms with van der Waals surface area (Å²) in [4.78, 5) is 0. The van der Waals surface area contributed by atoms with E-state index in [-0.39, 0.29) is 5.92 Å². The Morgan fingerprint density at radius 3 is 2.58 bits per heavy atom. The smallest absolute Gasteiger partial charge is 0.276 e. The van der Waals surface area contributed by atoms with E-state index in [1.54, 1.807) is 13.3 Å². The Kier molecular flexibility index (Phi) is 3.94. The van der Waals surface area contributed by atoms with E-state index in [0.29, 0.717) is 26.2 Å². The van der Waals surface area contributed by atoms with Crippen LogP contribution in [0.25, 0.3) is 0 Å². The van der Waals surface area contributed by atoms with Gasteiger partial charge >= 0.3 is 0 Å². The summed E-state index contributed by atoms with van der Waals surface area (Å²) in [5.41, 5.74) is 3.35. The van der Waals surface area contributed by atoms with Crippen LogP contribution in [-0.2, 0) is 23.8 Å². The second-order valence-corrected chi connectivity index (χ2v) is 8.53. The first-order chi connectivity index (χ1) is 11.6. The molecule has 0 radical (unpaired) electrons. The van der Waals surface area contributed by atoms with Gasteiger partial charge in [0.25, 0.3) is 10.2 Å². The van der Waals surface area contributed by atoms with Crippen molar-refractivity contribution in [1.82, 2.24) is 18.4 Å². The Balaban J connectivity index is 1.72. The standard InChI is InChI=1S/C17H22N4O2S/c1-19-11-15(10-18-19)17-13-21(12-14-6-2-3-7-16(14)17)24(22,23)20-8-4-5-9-20/h2-3,6-7,10-11,17H,4-5,8-9,12-13H2,1H3. The molecule has 0 N–H and O–H groups in total. The van der Waals surface area contributed by atoms with Crippen molar-refractivity contribution >= 4 is 10.2 Å². The van der Waals surface area contributed by atoms with Gasteiger partial charge in [0.15, 0.2) is 0 Å². The van der Waals surface area contributed by atoms with Gasteiger partial charge in [-0.3, -0.25) is 4.68 Å². The molecule has 2 aromatic rings. The summed E-state index contributed by atoms with van der Waals surface area (Å²) < 4.78 is 31.1. The summed E-state index contributed by atoms with van der Waals surface area (Å²) in [7, 11) is -1.51. The van der Waals surface area contributed by atoms with Gasteiger partial charge in [-0.25, -0.2) is 0 Å². The predicted molar refractivity (Wildman–Crippen MR) is 91.6 cm³/mol. The third-order valence-corrected chi connectivity index (χ3v) is 6.96. The van der Waals surface area contributed by atoms with E-state index in [1.807, 2.05) is 37.6 Å². The number of hydrogen-bond donors (Lipinski definition) is 0. The minimum absolute atomic E-state index is 0.0287. The highest BCUT2D eigenvalue weighted by Gasteiger charge is 2.37. The zero-order valence-corrected chi connectivity index (χ0v) is 14.6. The highest BCUT2D eigenvalue weighted by molar-refractivity contribution is 7.86. The lowest BCUT2D eigenvalue weighted by molar-refractivity contribution is 0.332. The van der Waals surface area contributed by atoms with E-state index in [0.717, 1.165) is 24.0 Å². The molecule has 24 heavy (non-hydrogen) atoms. The highest BCUT2D eigenvalue weighted by atomic mass is 32.2. The predicted octanol–water partition coefficient (Wildman–Crippen LogP) is 1.71. The van der Waals surface area contributed by atoms with Crippen LogP contribution in [0.3, 0.4) is 0 Å². The topological polar surface area (TPSA) is 58.4 Å². The lowest BCUT2D eigenvalue weighted by atomic mass is 9.87. The highest BCUT2D eigenvalue weighted by Crippen LogP contribution is 2.35. The Morgan fingerprint density at radius 2 is 1.88 bits per heavy atom. The summed E-state index contributed by atoms with van der Waals surface area (Å²) in [5.74, 6) is 0.0287. The van der Waals surface area contributed by atoms with Gasteiger partial charge in [-0.05, 0) is 29.5 Å². The second kappa shape index (κ2) is 5.98. The van der Waals surface area contributed by atoms with Gasteiger partial charge in [0.2, 0.25) is 0 Å². The molecule has 4 rings (SSSR count). The van der Waals surface area contributed by atoms with Crippen LogP contribution in [0, 0.1) is 0 Å². The average Bonchev–Trinajstić information content (AvgIpc) is 3.25. The van der Waals surface area contributed by atoms with Crippen molar-refractivity contribution in [2.24, 2.45) is 7.05 Å². The molecule has 128 valence electrons. The van der Waals surface area contributed by atoms with Gasteiger partial charge in [-0.1, -0.05) is 24.3 Å². The van der Waals surface area contributed by atoms with E-state index in [2.05, 4.69) is 11.2 Å². The summed E-state index contributed by atoms with van der Waals surface area (Å²) in [6.45, 7) is 2.20. The first-order valence-corrected chi connectivity index (χ1v) is 9.77. The molecule has 6 nitrogen and oxygen atoms in total. The van der Waals surface area contributed by atoms with Crippen molar-refractivity contribution < 1.29 is 8.42 Å². The molecule has 1 atom stereocenters. The van der Waals surface area contributed by atoms with Crippen molar-refractivity contribution in [2.45, 2.75) is 25.3 Å². The van der Waals surface area contributed by atoms with Crippen LogP contribution >= 0.6 is 0 Å². The molecular weight excluding hydrogens is 324 g/mol. The van der Waals surface area contributed by atoms with Gasteiger partial charge in [0.05, 0.1) is 6.20 Å². The lowest BCUT2D eigenvalue weighted by Crippen LogP contribution is -2.46. The van der Waals surface area contributed by atoms with Gasteiger partial charge in [-0.2, -0.15) is 22.1 Å². The quantitative estimate of drug-likeness (QED) is 0.850. The molecule has 1 unspecified atom stereocenters. The molecule has 1 aromatic carbocycles. The Bertz CT molecular complexity index is 840. The number of fused-ring (bicyclic) bond motifs is 1. The molecular formula is C17H22N4O2S. The summed E-state index contributed by atoms with van der Waals surface area (Å²) >= 11 is 0. The van der Waals surface area contributed by atoms with Crippen LogP contribution in [0.1, 0.15) is 35.4 Å². The zero-order chi connectivity index (χ0) is 16.7. The normalized spacial score (nSPS) is 22.6. The number of aromatic nitrogens is 2. The van der Waals surface area contributed by atoms with Crippen LogP contribution in [0.15, 0.2) is 36.7 Å². The fourth-order valence-corrected chi connectivity index (χ4v) is 5.42. The van der Waals surface area contributed by atoms with Gasteiger partial charge < -0.3 is 0 Å². The molecule has 1 fully saturated rings. The number of nitrogens with zero attached hydrogens (tertiary/aromatic N) is 4. The van der Waals surface area contributed by atoms with Gasteiger partial charge in [0, 0.05) is 45.3 Å². The van der Waals surface area contributed by atoms with Gasteiger partial charge in [-0.15, -0.1) is 0 Å². The molecule has 2 aliphatic heterocycles. The Hall–Kier alpha value is -1.70. The summed E-state index contributed by atoms with van der Waals surface area (Å²) in [6, 6.07) is 8.13. The maximum atomic E-state index is 13.0. The molecule has 0 saturated carbocycles. The van der Waals surface area contributed by atoms with Crippen molar-refractivity contribution in [2.75, 3.05) is 19.6 Å². The van der Waals surface area contributed by atoms with Crippen molar-refractivity contribution in [3.05, 3.63) is 53.3 Å². The number of benzene rings is 1. The van der Waals surface area contributed by atoms with Crippen LogP contribution in [-0.4, -0.2) is 46.4 Å². The van der Waals surface area contributed by atoms with Crippen molar-refractivity contribution in [3.63, 3.8) is 0 Å². The average molecular weight is 346 g/mol. The number of aryl methyl sites for hydroxylation is 1. The molecule has 2 aliphatic rings. The van der Waals surface area contributed by atoms with Crippen LogP contribution in [0.5, 0.6) is 0 Å². The van der Waals surface area contributed by atoms with Crippen LogP contribution in [0.2, 0.25) is 0 Å². The maximum absolute atomic E-state index is 13.0. The summed E-state index contributed by atoms with van der Waals surface area (Å²) in [5, 5.41) is 4.27. The van der Waals surface area contributed by atoms with Crippen LogP contribution < -0.4 is 0 Å². The molecule has 1 saturated heterocycles. The van der Waals surface area contributed by atoms with Crippen molar-refractivity contribution in [3.8, 4) is 0 Å². The Morgan fingerprint density at radius 1 is 1.12 bits per heavy atom.